The zero-order chi connectivity index (χ0) is 29.3. The number of hydrogen-bond acceptors (Lipinski definition) is 4. The Morgan fingerprint density at radius 2 is 1.83 bits per heavy atom. The van der Waals surface area contributed by atoms with E-state index < -0.39 is 0 Å². The molecule has 2 unspecified atom stereocenters. The Bertz CT molecular complexity index is 1320. The summed E-state index contributed by atoms with van der Waals surface area (Å²) < 4.78 is 5.88. The van der Waals surface area contributed by atoms with Gasteiger partial charge in [0, 0.05) is 54.5 Å². The molecule has 0 bridgehead atoms. The molecule has 2 aromatic carbocycles. The number of ether oxygens (including phenoxy) is 1. The Hall–Kier alpha value is -3.61. The van der Waals surface area contributed by atoms with Crippen molar-refractivity contribution in [1.29, 1.82) is 0 Å². The number of nitrogens with one attached hydrogen (secondary N) is 2. The van der Waals surface area contributed by atoms with Gasteiger partial charge in [-0.05, 0) is 111 Å². The summed E-state index contributed by atoms with van der Waals surface area (Å²) in [6.45, 7) is 13.4. The highest BCUT2D eigenvalue weighted by Crippen LogP contribution is 2.25. The van der Waals surface area contributed by atoms with Crippen molar-refractivity contribution in [2.75, 3.05) is 36.4 Å². The molecule has 2 heterocycles. The molecule has 1 aliphatic carbocycles. The van der Waals surface area contributed by atoms with E-state index in [1.807, 2.05) is 48.7 Å². The fraction of sp³-hybridized carbons (Fsp3) is 0.417. The number of H-pyrrole nitrogens is 1. The summed E-state index contributed by atoms with van der Waals surface area (Å²) in [6.07, 6.45) is 14.7. The lowest BCUT2D eigenvalue weighted by molar-refractivity contribution is -0.00866. The van der Waals surface area contributed by atoms with Crippen LogP contribution in [0, 0.1) is 5.92 Å². The topological polar surface area (TPSA) is 60.6 Å². The molecule has 2 N–H and O–H groups in total. The standard InChI is InChI=1S/C36H46N4O2/c1-4-30-20-21-37-35(30)19-10-27(2)24-39-22-5-6-23-40(28(3)25-39)33-17-15-32(16-18-33)38-36(41)31-13-11-29(12-14-31)26-42-34-8-7-9-34/h4,10-21,27-28,34,37H,1,5-9,22-26H2,2-3H3,(H,38,41)/b19-10-. The number of amides is 1. The highest BCUT2D eigenvalue weighted by Gasteiger charge is 2.22. The van der Waals surface area contributed by atoms with Gasteiger partial charge in [0.15, 0.2) is 0 Å². The summed E-state index contributed by atoms with van der Waals surface area (Å²) in [5.41, 5.74) is 6.03. The van der Waals surface area contributed by atoms with Crippen LogP contribution in [0.5, 0.6) is 0 Å². The largest absolute Gasteiger partial charge is 0.374 e. The first-order valence-electron chi connectivity index (χ1n) is 15.6. The molecule has 1 amide bonds. The van der Waals surface area contributed by atoms with Crippen molar-refractivity contribution in [3.05, 3.63) is 95.8 Å². The van der Waals surface area contributed by atoms with E-state index in [-0.39, 0.29) is 5.91 Å². The number of hydrogen-bond donors (Lipinski definition) is 2. The van der Waals surface area contributed by atoms with Gasteiger partial charge in [0.2, 0.25) is 0 Å². The number of anilines is 2. The van der Waals surface area contributed by atoms with Crippen molar-refractivity contribution < 1.29 is 9.53 Å². The second kappa shape index (κ2) is 14.5. The Morgan fingerprint density at radius 3 is 2.55 bits per heavy atom. The maximum Gasteiger partial charge on any atom is 0.255 e. The summed E-state index contributed by atoms with van der Waals surface area (Å²) in [6, 6.07) is 18.5. The van der Waals surface area contributed by atoms with E-state index in [0.717, 1.165) is 55.1 Å². The normalized spacial score (nSPS) is 19.2. The van der Waals surface area contributed by atoms with Gasteiger partial charge >= 0.3 is 0 Å². The van der Waals surface area contributed by atoms with Gasteiger partial charge in [0.25, 0.3) is 5.91 Å². The van der Waals surface area contributed by atoms with E-state index in [4.69, 9.17) is 4.74 Å². The summed E-state index contributed by atoms with van der Waals surface area (Å²) >= 11 is 0. The molecule has 0 spiro atoms. The third-order valence-corrected chi connectivity index (χ3v) is 8.56. The van der Waals surface area contributed by atoms with Crippen LogP contribution >= 0.6 is 0 Å². The van der Waals surface area contributed by atoms with Gasteiger partial charge in [-0.1, -0.05) is 37.8 Å². The molecule has 1 saturated carbocycles. The van der Waals surface area contributed by atoms with Crippen molar-refractivity contribution in [2.24, 2.45) is 5.92 Å². The molecule has 2 aliphatic rings. The number of benzene rings is 2. The summed E-state index contributed by atoms with van der Waals surface area (Å²) in [7, 11) is 0. The minimum Gasteiger partial charge on any atom is -0.374 e. The molecule has 1 aliphatic heterocycles. The first kappa shape index (κ1) is 29.9. The molecule has 0 radical (unpaired) electrons. The average Bonchev–Trinajstić information content (AvgIpc) is 3.43. The van der Waals surface area contributed by atoms with E-state index >= 15 is 0 Å². The van der Waals surface area contributed by atoms with Crippen LogP contribution in [0.3, 0.4) is 0 Å². The summed E-state index contributed by atoms with van der Waals surface area (Å²) in [5, 5.41) is 3.06. The number of aromatic amines is 1. The van der Waals surface area contributed by atoms with Gasteiger partial charge < -0.3 is 24.8 Å². The lowest BCUT2D eigenvalue weighted by Crippen LogP contribution is -2.46. The molecule has 42 heavy (non-hydrogen) atoms. The van der Waals surface area contributed by atoms with Crippen LogP contribution < -0.4 is 10.2 Å². The number of carbonyl (C=O) groups excluding carboxylic acids is 1. The second-order valence-electron chi connectivity index (χ2n) is 12.0. The molecule has 1 aromatic heterocycles. The molecule has 222 valence electrons. The first-order chi connectivity index (χ1) is 20.5. The Kier molecular flexibility index (Phi) is 10.3. The number of aromatic nitrogens is 1. The molecule has 2 fully saturated rings. The molecule has 6 nitrogen and oxygen atoms in total. The number of carbonyl (C=O) groups is 1. The lowest BCUT2D eigenvalue weighted by Gasteiger charge is -2.38. The molecular weight excluding hydrogens is 520 g/mol. The zero-order valence-electron chi connectivity index (χ0n) is 25.2. The Balaban J connectivity index is 1.13. The van der Waals surface area contributed by atoms with Crippen molar-refractivity contribution in [1.82, 2.24) is 9.88 Å². The molecule has 6 heteroatoms. The lowest BCUT2D eigenvalue weighted by atomic mass is 9.96. The highest BCUT2D eigenvalue weighted by molar-refractivity contribution is 6.04. The van der Waals surface area contributed by atoms with Crippen LogP contribution in [-0.4, -0.2) is 54.1 Å². The quantitative estimate of drug-likeness (QED) is 0.251. The van der Waals surface area contributed by atoms with Crippen LogP contribution in [0.25, 0.3) is 12.2 Å². The number of rotatable bonds is 11. The molecular formula is C36H46N4O2. The molecule has 3 aromatic rings. The molecule has 2 atom stereocenters. The molecule has 1 saturated heterocycles. The van der Waals surface area contributed by atoms with E-state index in [1.165, 1.54) is 31.4 Å². The third kappa shape index (κ3) is 8.02. The van der Waals surface area contributed by atoms with Crippen molar-refractivity contribution in [3.8, 4) is 0 Å². The monoisotopic (exact) mass is 566 g/mol. The third-order valence-electron chi connectivity index (χ3n) is 8.56. The van der Waals surface area contributed by atoms with Crippen molar-refractivity contribution >= 4 is 29.4 Å². The SMILES string of the molecule is C=Cc1cc[nH]c1/C=C\C(C)CN1CCCCN(c2ccc(NC(=O)c3ccc(COC4CCC4)cc3)cc2)C(C)C1. The van der Waals surface area contributed by atoms with E-state index in [1.54, 1.807) is 0 Å². The van der Waals surface area contributed by atoms with E-state index in [2.05, 4.69) is 70.9 Å². The summed E-state index contributed by atoms with van der Waals surface area (Å²) in [4.78, 5) is 21.3. The van der Waals surface area contributed by atoms with Gasteiger partial charge in [-0.3, -0.25) is 4.79 Å². The first-order valence-corrected chi connectivity index (χ1v) is 15.6. The van der Waals surface area contributed by atoms with Crippen molar-refractivity contribution in [3.63, 3.8) is 0 Å². The Morgan fingerprint density at radius 1 is 1.07 bits per heavy atom. The molecule has 5 rings (SSSR count). The summed E-state index contributed by atoms with van der Waals surface area (Å²) in [5.74, 6) is 0.357. The van der Waals surface area contributed by atoms with Crippen LogP contribution in [0.4, 0.5) is 11.4 Å². The van der Waals surface area contributed by atoms with Crippen LogP contribution in [0.1, 0.15) is 73.1 Å². The number of nitrogens with zero attached hydrogens (tertiary/aromatic N) is 2. The predicted molar refractivity (Wildman–Crippen MR) is 175 cm³/mol. The fourth-order valence-electron chi connectivity index (χ4n) is 5.84. The maximum atomic E-state index is 12.9. The van der Waals surface area contributed by atoms with Gasteiger partial charge in [0.05, 0.1) is 12.7 Å². The maximum absolute atomic E-state index is 12.9. The van der Waals surface area contributed by atoms with Gasteiger partial charge in [-0.2, -0.15) is 0 Å². The van der Waals surface area contributed by atoms with Crippen LogP contribution in [0.15, 0.2) is 73.4 Å². The zero-order valence-corrected chi connectivity index (χ0v) is 25.2. The van der Waals surface area contributed by atoms with Gasteiger partial charge in [-0.15, -0.1) is 0 Å². The smallest absolute Gasteiger partial charge is 0.255 e. The highest BCUT2D eigenvalue weighted by atomic mass is 16.5. The van der Waals surface area contributed by atoms with Gasteiger partial charge in [-0.25, -0.2) is 0 Å². The van der Waals surface area contributed by atoms with Gasteiger partial charge in [0.1, 0.15) is 0 Å². The van der Waals surface area contributed by atoms with Crippen molar-refractivity contribution in [2.45, 2.75) is 64.7 Å². The average molecular weight is 567 g/mol. The van der Waals surface area contributed by atoms with Crippen LogP contribution in [0.2, 0.25) is 0 Å². The Labute approximate surface area is 251 Å². The minimum absolute atomic E-state index is 0.0929. The predicted octanol–water partition coefficient (Wildman–Crippen LogP) is 7.62. The minimum atomic E-state index is -0.0929. The van der Waals surface area contributed by atoms with E-state index in [9.17, 15) is 4.79 Å². The second-order valence-corrected chi connectivity index (χ2v) is 12.0. The fourth-order valence-corrected chi connectivity index (χ4v) is 5.84. The van der Waals surface area contributed by atoms with E-state index in [0.29, 0.717) is 30.2 Å². The van der Waals surface area contributed by atoms with Crippen LogP contribution in [-0.2, 0) is 11.3 Å².